The van der Waals surface area contributed by atoms with E-state index in [1.165, 1.54) is 0 Å². The molecule has 7 nitrogen and oxygen atoms in total. The molecule has 3 aromatic rings. The van der Waals surface area contributed by atoms with Gasteiger partial charge in [0.05, 0.1) is 17.9 Å². The number of hydrogen-bond acceptors (Lipinski definition) is 5. The van der Waals surface area contributed by atoms with Gasteiger partial charge >= 0.3 is 6.09 Å². The molecule has 5 rings (SSSR count). The van der Waals surface area contributed by atoms with E-state index >= 15 is 0 Å². The number of rotatable bonds is 4. The maximum atomic E-state index is 10.9. The van der Waals surface area contributed by atoms with Crippen LogP contribution in [0, 0.1) is 0 Å². The molecule has 2 N–H and O–H groups in total. The minimum atomic E-state index is -1.09. The molecule has 2 aliphatic rings. The molecule has 1 aromatic heterocycles. The number of morpholine rings is 1. The molecule has 3 heterocycles. The molecule has 2 atom stereocenters. The Morgan fingerprint density at radius 1 is 0.967 bits per heavy atom. The van der Waals surface area contributed by atoms with Crippen LogP contribution in [-0.4, -0.2) is 46.5 Å². The highest BCUT2D eigenvalue weighted by Gasteiger charge is 2.34. The van der Waals surface area contributed by atoms with E-state index in [2.05, 4.69) is 10.2 Å². The van der Waals surface area contributed by atoms with Gasteiger partial charge in [-0.05, 0) is 37.1 Å². The van der Waals surface area contributed by atoms with Gasteiger partial charge in [-0.3, -0.25) is 5.32 Å². The van der Waals surface area contributed by atoms with E-state index in [1.54, 1.807) is 12.1 Å². The molecule has 2 aliphatic heterocycles. The first kappa shape index (κ1) is 18.6. The van der Waals surface area contributed by atoms with Crippen LogP contribution in [-0.2, 0) is 4.74 Å². The summed E-state index contributed by atoms with van der Waals surface area (Å²) >= 11 is 0. The summed E-state index contributed by atoms with van der Waals surface area (Å²) in [4.78, 5) is 22.8. The second kappa shape index (κ2) is 7.76. The second-order valence-corrected chi connectivity index (χ2v) is 7.67. The first-order valence-corrected chi connectivity index (χ1v) is 10.1. The first-order valence-electron chi connectivity index (χ1n) is 10.1. The van der Waals surface area contributed by atoms with Gasteiger partial charge in [-0.15, -0.1) is 0 Å². The van der Waals surface area contributed by atoms with Gasteiger partial charge in [0.1, 0.15) is 5.82 Å². The number of ether oxygens (including phenoxy) is 1. The van der Waals surface area contributed by atoms with Crippen molar-refractivity contribution >= 4 is 17.6 Å². The maximum Gasteiger partial charge on any atom is 0.409 e. The first-order chi connectivity index (χ1) is 14.6. The Morgan fingerprint density at radius 3 is 2.33 bits per heavy atom. The Morgan fingerprint density at radius 2 is 1.67 bits per heavy atom. The van der Waals surface area contributed by atoms with Crippen LogP contribution >= 0.6 is 0 Å². The molecule has 30 heavy (non-hydrogen) atoms. The monoisotopic (exact) mass is 402 g/mol. The lowest BCUT2D eigenvalue weighted by Gasteiger charge is -2.33. The topological polar surface area (TPSA) is 87.6 Å². The molecule has 0 spiro atoms. The van der Waals surface area contributed by atoms with Crippen molar-refractivity contribution in [1.29, 1.82) is 0 Å². The predicted molar refractivity (Wildman–Crippen MR) is 115 cm³/mol. The quantitative estimate of drug-likeness (QED) is 0.678. The molecule has 2 fully saturated rings. The zero-order valence-corrected chi connectivity index (χ0v) is 16.4. The minimum Gasteiger partial charge on any atom is -0.465 e. The van der Waals surface area contributed by atoms with Gasteiger partial charge in [0, 0.05) is 36.0 Å². The number of amides is 1. The van der Waals surface area contributed by atoms with Crippen molar-refractivity contribution in [3.8, 4) is 22.6 Å². The number of nitrogens with zero attached hydrogens (tertiary/aromatic N) is 3. The maximum absolute atomic E-state index is 10.9. The van der Waals surface area contributed by atoms with E-state index in [4.69, 9.17) is 19.8 Å². The molecule has 2 unspecified atom stereocenters. The third kappa shape index (κ3) is 3.84. The van der Waals surface area contributed by atoms with Crippen LogP contribution < -0.4 is 10.2 Å². The lowest BCUT2D eigenvalue weighted by molar-refractivity contribution is 0.0302. The Hall–Kier alpha value is -3.45. The highest BCUT2D eigenvalue weighted by atomic mass is 16.5. The molecular weight excluding hydrogens is 380 g/mol. The van der Waals surface area contributed by atoms with Crippen molar-refractivity contribution in [3.05, 3.63) is 60.7 Å². The largest absolute Gasteiger partial charge is 0.465 e. The molecule has 0 radical (unpaired) electrons. The number of fused-ring (bicyclic) bond motifs is 2. The van der Waals surface area contributed by atoms with Crippen molar-refractivity contribution in [3.63, 3.8) is 0 Å². The number of carbonyl (C=O) groups is 1. The fourth-order valence-electron chi connectivity index (χ4n) is 4.11. The van der Waals surface area contributed by atoms with Crippen molar-refractivity contribution < 1.29 is 14.6 Å². The Kier molecular flexibility index (Phi) is 4.80. The van der Waals surface area contributed by atoms with Gasteiger partial charge < -0.3 is 14.7 Å². The molecule has 2 saturated heterocycles. The second-order valence-electron chi connectivity index (χ2n) is 7.67. The van der Waals surface area contributed by atoms with E-state index in [1.807, 2.05) is 48.5 Å². The number of anilines is 2. The van der Waals surface area contributed by atoms with Gasteiger partial charge in [0.2, 0.25) is 0 Å². The minimum absolute atomic E-state index is 0.267. The number of carboxylic acid groups (broad SMARTS) is 1. The zero-order chi connectivity index (χ0) is 20.5. The van der Waals surface area contributed by atoms with Gasteiger partial charge in [0.25, 0.3) is 0 Å². The highest BCUT2D eigenvalue weighted by molar-refractivity contribution is 5.83. The van der Waals surface area contributed by atoms with Crippen molar-refractivity contribution in [2.45, 2.75) is 25.0 Å². The Labute approximate surface area is 174 Å². The highest BCUT2D eigenvalue weighted by Crippen LogP contribution is 2.32. The van der Waals surface area contributed by atoms with E-state index in [0.717, 1.165) is 48.6 Å². The number of hydrogen-bond donors (Lipinski definition) is 2. The van der Waals surface area contributed by atoms with Crippen LogP contribution in [0.4, 0.5) is 16.3 Å². The van der Waals surface area contributed by atoms with Crippen LogP contribution in [0.3, 0.4) is 0 Å². The third-order valence-corrected chi connectivity index (χ3v) is 5.54. The summed E-state index contributed by atoms with van der Waals surface area (Å²) in [5.74, 6) is 1.51. The molecule has 152 valence electrons. The van der Waals surface area contributed by atoms with Crippen LogP contribution in [0.25, 0.3) is 22.6 Å². The summed E-state index contributed by atoms with van der Waals surface area (Å²) in [6, 6.07) is 19.2. The summed E-state index contributed by atoms with van der Waals surface area (Å²) in [7, 11) is 0. The van der Waals surface area contributed by atoms with Gasteiger partial charge in [-0.1, -0.05) is 30.3 Å². The zero-order valence-electron chi connectivity index (χ0n) is 16.4. The van der Waals surface area contributed by atoms with Gasteiger partial charge in [-0.2, -0.15) is 0 Å². The van der Waals surface area contributed by atoms with Crippen LogP contribution in [0.15, 0.2) is 60.7 Å². The van der Waals surface area contributed by atoms with Crippen LogP contribution in [0.5, 0.6) is 0 Å². The summed E-state index contributed by atoms with van der Waals surface area (Å²) in [6.07, 6.45) is 1.65. The lowest BCUT2D eigenvalue weighted by Crippen LogP contribution is -2.43. The fourth-order valence-corrected chi connectivity index (χ4v) is 4.11. The predicted octanol–water partition coefficient (Wildman–Crippen LogP) is 4.27. The third-order valence-electron chi connectivity index (χ3n) is 5.54. The van der Waals surface area contributed by atoms with Crippen molar-refractivity contribution in [2.75, 3.05) is 23.3 Å². The van der Waals surface area contributed by atoms with E-state index in [9.17, 15) is 4.79 Å². The van der Waals surface area contributed by atoms with Gasteiger partial charge in [0.15, 0.2) is 5.82 Å². The van der Waals surface area contributed by atoms with Gasteiger partial charge in [-0.25, -0.2) is 14.8 Å². The number of aromatic nitrogens is 2. The summed E-state index contributed by atoms with van der Waals surface area (Å²) in [6.45, 7) is 1.67. The van der Waals surface area contributed by atoms with Crippen LogP contribution in [0.1, 0.15) is 12.8 Å². The number of nitrogens with one attached hydrogen (secondary N) is 1. The standard InChI is InChI=1S/C23H22N4O3/c28-23(29)24-17-8-6-16(7-9-17)22-25-20(15-4-2-1-3-5-15)12-21(26-22)27-13-18-10-11-19(14-27)30-18/h1-9,12,18-19,24H,10-11,13-14H2,(H,28,29). The average Bonchev–Trinajstić information content (AvgIpc) is 3.11. The Balaban J connectivity index is 1.53. The molecule has 0 aliphatic carbocycles. The van der Waals surface area contributed by atoms with Crippen LogP contribution in [0.2, 0.25) is 0 Å². The molecule has 2 aromatic carbocycles. The average molecular weight is 402 g/mol. The molecule has 1 amide bonds. The molecule has 2 bridgehead atoms. The van der Waals surface area contributed by atoms with Crippen molar-refractivity contribution in [2.24, 2.45) is 0 Å². The normalized spacial score (nSPS) is 20.2. The molecular formula is C23H22N4O3. The number of benzene rings is 2. The smallest absolute Gasteiger partial charge is 0.409 e. The SMILES string of the molecule is O=C(O)Nc1ccc(-c2nc(-c3ccccc3)cc(N3CC4CCC(C3)O4)n2)cc1. The summed E-state index contributed by atoms with van der Waals surface area (Å²) < 4.78 is 5.98. The van der Waals surface area contributed by atoms with E-state index in [0.29, 0.717) is 11.5 Å². The fraction of sp³-hybridized carbons (Fsp3) is 0.261. The Bertz CT molecular complexity index is 1040. The molecule has 7 heteroatoms. The van der Waals surface area contributed by atoms with E-state index in [-0.39, 0.29) is 12.2 Å². The van der Waals surface area contributed by atoms with Crippen molar-refractivity contribution in [1.82, 2.24) is 9.97 Å². The summed E-state index contributed by atoms with van der Waals surface area (Å²) in [5, 5.41) is 11.2. The molecule has 0 saturated carbocycles. The lowest BCUT2D eigenvalue weighted by atomic mass is 10.1. The van der Waals surface area contributed by atoms with E-state index < -0.39 is 6.09 Å². The summed E-state index contributed by atoms with van der Waals surface area (Å²) in [5.41, 5.74) is 3.24.